The first-order chi connectivity index (χ1) is 18.8. The molecule has 2 saturated heterocycles. The van der Waals surface area contributed by atoms with Gasteiger partial charge in [-0.2, -0.15) is 0 Å². The molecule has 12 nitrogen and oxygen atoms in total. The number of alkyl carbamates (subject to hydrolysis) is 1. The number of benzene rings is 1. The number of nitrogens with one attached hydrogen (secondary N) is 4. The van der Waals surface area contributed by atoms with Crippen LogP contribution in [0.3, 0.4) is 0 Å². The molecule has 2 atom stereocenters. The number of piperidine rings is 2. The molecule has 0 spiro atoms. The monoisotopic (exact) mass is 545 g/mol. The van der Waals surface area contributed by atoms with Gasteiger partial charge in [0, 0.05) is 19.5 Å². The minimum atomic E-state index is -1.21. The molecule has 2 aliphatic rings. The molecule has 3 rings (SSSR count). The Bertz CT molecular complexity index is 984. The van der Waals surface area contributed by atoms with Crippen LogP contribution in [0.2, 0.25) is 0 Å². The van der Waals surface area contributed by atoms with Crippen molar-refractivity contribution in [3.05, 3.63) is 35.9 Å². The number of carboxylic acid groups (broad SMARTS) is 1. The van der Waals surface area contributed by atoms with Crippen molar-refractivity contribution in [1.82, 2.24) is 26.2 Å². The second-order valence-corrected chi connectivity index (χ2v) is 10.1. The van der Waals surface area contributed by atoms with E-state index in [-0.39, 0.29) is 19.1 Å². The van der Waals surface area contributed by atoms with Crippen LogP contribution in [-0.4, -0.2) is 78.7 Å². The van der Waals surface area contributed by atoms with Crippen LogP contribution in [0.4, 0.5) is 4.79 Å². The number of ether oxygens (including phenoxy) is 1. The summed E-state index contributed by atoms with van der Waals surface area (Å²) in [4.78, 5) is 63.0. The number of likely N-dealkylation sites (tertiary alicyclic amines) is 1. The molecule has 0 saturated carbocycles. The SMILES string of the molecule is O=C(O)C[C@@H](NC(=O)CNC(=O)OCc1ccccc1)NC(=O)[C@@H]1CCCN(C(=O)CCC2CCNCC2)C1. The summed E-state index contributed by atoms with van der Waals surface area (Å²) in [6, 6.07) is 9.02. The van der Waals surface area contributed by atoms with E-state index in [9.17, 15) is 29.1 Å². The number of hydrogen-bond acceptors (Lipinski definition) is 7. The van der Waals surface area contributed by atoms with E-state index in [1.54, 1.807) is 29.2 Å². The van der Waals surface area contributed by atoms with Gasteiger partial charge in [-0.05, 0) is 56.7 Å². The minimum Gasteiger partial charge on any atom is -0.481 e. The fourth-order valence-corrected chi connectivity index (χ4v) is 4.85. The number of amides is 4. The lowest BCUT2D eigenvalue weighted by Gasteiger charge is -2.33. The quantitative estimate of drug-likeness (QED) is 0.242. The van der Waals surface area contributed by atoms with Gasteiger partial charge < -0.3 is 36.0 Å². The molecule has 0 radical (unpaired) electrons. The number of carbonyl (C=O) groups excluding carboxylic acids is 4. The van der Waals surface area contributed by atoms with Crippen LogP contribution < -0.4 is 21.3 Å². The van der Waals surface area contributed by atoms with Crippen molar-refractivity contribution in [3.63, 3.8) is 0 Å². The number of aliphatic carboxylic acids is 1. The Labute approximate surface area is 228 Å². The van der Waals surface area contributed by atoms with Crippen LogP contribution in [0.1, 0.15) is 50.5 Å². The zero-order chi connectivity index (χ0) is 28.0. The lowest BCUT2D eigenvalue weighted by atomic mass is 9.92. The summed E-state index contributed by atoms with van der Waals surface area (Å²) in [5.74, 6) is -2.24. The fraction of sp³-hybridized carbons (Fsp3) is 0.593. The topological polar surface area (TPSA) is 166 Å². The fourth-order valence-electron chi connectivity index (χ4n) is 4.85. The molecule has 5 N–H and O–H groups in total. The van der Waals surface area contributed by atoms with E-state index >= 15 is 0 Å². The van der Waals surface area contributed by atoms with Gasteiger partial charge in [-0.15, -0.1) is 0 Å². The van der Waals surface area contributed by atoms with Gasteiger partial charge in [-0.3, -0.25) is 19.2 Å². The largest absolute Gasteiger partial charge is 0.481 e. The predicted molar refractivity (Wildman–Crippen MR) is 141 cm³/mol. The van der Waals surface area contributed by atoms with Gasteiger partial charge >= 0.3 is 12.1 Å². The second kappa shape index (κ2) is 15.7. The van der Waals surface area contributed by atoms with Crippen LogP contribution in [-0.2, 0) is 30.5 Å². The molecule has 2 aliphatic heterocycles. The third kappa shape index (κ3) is 10.9. The van der Waals surface area contributed by atoms with E-state index < -0.39 is 48.9 Å². The first-order valence-electron chi connectivity index (χ1n) is 13.5. The van der Waals surface area contributed by atoms with Crippen molar-refractivity contribution >= 4 is 29.8 Å². The molecule has 39 heavy (non-hydrogen) atoms. The van der Waals surface area contributed by atoms with E-state index in [2.05, 4.69) is 21.3 Å². The van der Waals surface area contributed by atoms with Crippen LogP contribution >= 0.6 is 0 Å². The summed E-state index contributed by atoms with van der Waals surface area (Å²) >= 11 is 0. The maximum absolute atomic E-state index is 12.9. The maximum atomic E-state index is 12.9. The van der Waals surface area contributed by atoms with E-state index in [1.165, 1.54) is 0 Å². The third-order valence-electron chi connectivity index (χ3n) is 7.01. The first-order valence-corrected chi connectivity index (χ1v) is 13.5. The molecule has 2 heterocycles. The molecule has 0 aromatic heterocycles. The molecular weight excluding hydrogens is 506 g/mol. The van der Waals surface area contributed by atoms with Gasteiger partial charge in [0.05, 0.1) is 12.3 Å². The summed E-state index contributed by atoms with van der Waals surface area (Å²) < 4.78 is 5.04. The summed E-state index contributed by atoms with van der Waals surface area (Å²) in [5.41, 5.74) is 0.783. The summed E-state index contributed by atoms with van der Waals surface area (Å²) in [6.45, 7) is 2.39. The first kappa shape index (κ1) is 29.9. The Morgan fingerprint density at radius 2 is 1.79 bits per heavy atom. The third-order valence-corrected chi connectivity index (χ3v) is 7.01. The van der Waals surface area contributed by atoms with Gasteiger partial charge in [-0.1, -0.05) is 30.3 Å². The van der Waals surface area contributed by atoms with Crippen molar-refractivity contribution in [3.8, 4) is 0 Å². The molecular formula is C27H39N5O7. The molecule has 0 aliphatic carbocycles. The van der Waals surface area contributed by atoms with Crippen molar-refractivity contribution in [2.75, 3.05) is 32.7 Å². The van der Waals surface area contributed by atoms with Gasteiger partial charge in [0.1, 0.15) is 19.3 Å². The van der Waals surface area contributed by atoms with Gasteiger partial charge in [-0.25, -0.2) is 4.79 Å². The molecule has 4 amide bonds. The molecule has 2 fully saturated rings. The average Bonchev–Trinajstić information content (AvgIpc) is 2.94. The Kier molecular flexibility index (Phi) is 12.0. The van der Waals surface area contributed by atoms with Crippen LogP contribution in [0, 0.1) is 11.8 Å². The van der Waals surface area contributed by atoms with Gasteiger partial charge in [0.15, 0.2) is 0 Å². The Balaban J connectivity index is 1.42. The average molecular weight is 546 g/mol. The lowest BCUT2D eigenvalue weighted by molar-refractivity contribution is -0.138. The molecule has 0 unspecified atom stereocenters. The Hall–Kier alpha value is -3.67. The van der Waals surface area contributed by atoms with Gasteiger partial charge in [0.25, 0.3) is 0 Å². The molecule has 12 heteroatoms. The number of carbonyl (C=O) groups is 5. The van der Waals surface area contributed by atoms with Crippen molar-refractivity contribution in [1.29, 1.82) is 0 Å². The summed E-state index contributed by atoms with van der Waals surface area (Å²) in [6.07, 6.45) is 2.15. The highest BCUT2D eigenvalue weighted by atomic mass is 16.5. The Morgan fingerprint density at radius 1 is 1.05 bits per heavy atom. The van der Waals surface area contributed by atoms with Crippen molar-refractivity contribution < 1.29 is 33.8 Å². The van der Waals surface area contributed by atoms with Crippen LogP contribution in [0.5, 0.6) is 0 Å². The highest BCUT2D eigenvalue weighted by Crippen LogP contribution is 2.21. The predicted octanol–water partition coefficient (Wildman–Crippen LogP) is 0.964. The normalized spacial score (nSPS) is 18.5. The minimum absolute atomic E-state index is 0.0327. The number of nitrogens with zero attached hydrogens (tertiary/aromatic N) is 1. The maximum Gasteiger partial charge on any atom is 0.407 e. The molecule has 0 bridgehead atoms. The van der Waals surface area contributed by atoms with E-state index in [1.807, 2.05) is 6.07 Å². The number of rotatable bonds is 12. The highest BCUT2D eigenvalue weighted by molar-refractivity contribution is 5.85. The van der Waals surface area contributed by atoms with Crippen molar-refractivity contribution in [2.24, 2.45) is 11.8 Å². The summed E-state index contributed by atoms with van der Waals surface area (Å²) in [5, 5.41) is 19.9. The number of hydrogen-bond donors (Lipinski definition) is 5. The highest BCUT2D eigenvalue weighted by Gasteiger charge is 2.30. The van der Waals surface area contributed by atoms with Crippen molar-refractivity contribution in [2.45, 2.75) is 57.7 Å². The van der Waals surface area contributed by atoms with Crippen LogP contribution in [0.25, 0.3) is 0 Å². The van der Waals surface area contributed by atoms with E-state index in [4.69, 9.17) is 4.74 Å². The Morgan fingerprint density at radius 3 is 2.51 bits per heavy atom. The van der Waals surface area contributed by atoms with Crippen LogP contribution in [0.15, 0.2) is 30.3 Å². The smallest absolute Gasteiger partial charge is 0.407 e. The van der Waals surface area contributed by atoms with E-state index in [0.29, 0.717) is 31.7 Å². The van der Waals surface area contributed by atoms with Gasteiger partial charge in [0.2, 0.25) is 17.7 Å². The molecule has 1 aromatic carbocycles. The zero-order valence-corrected chi connectivity index (χ0v) is 22.2. The summed E-state index contributed by atoms with van der Waals surface area (Å²) in [7, 11) is 0. The number of carboxylic acids is 1. The lowest BCUT2D eigenvalue weighted by Crippen LogP contribution is -2.54. The zero-order valence-electron chi connectivity index (χ0n) is 22.2. The second-order valence-electron chi connectivity index (χ2n) is 10.1. The van der Waals surface area contributed by atoms with E-state index in [0.717, 1.165) is 37.9 Å². The molecule has 1 aromatic rings. The standard InChI is InChI=1S/C27H39N5O7/c33-23(16-29-27(38)39-18-20-5-2-1-3-6-20)30-22(15-25(35)36)31-26(37)21-7-4-14-32(17-21)24(34)9-8-19-10-12-28-13-11-19/h1-3,5-6,19,21-22,28H,4,7-18H2,(H,29,38)(H,30,33)(H,31,37)(H,35,36)/t21-,22+/m1/s1. The molecule has 214 valence electrons.